The zero-order valence-electron chi connectivity index (χ0n) is 12.3. The highest BCUT2D eigenvalue weighted by atomic mass is 79.9. The molecule has 0 spiro atoms. The van der Waals surface area contributed by atoms with Crippen LogP contribution in [0.2, 0.25) is 0 Å². The van der Waals surface area contributed by atoms with Crippen molar-refractivity contribution in [2.45, 2.75) is 26.2 Å². The van der Waals surface area contributed by atoms with Crippen LogP contribution in [0.15, 0.2) is 46.0 Å². The van der Waals surface area contributed by atoms with Gasteiger partial charge in [-0.05, 0) is 75.7 Å². The molecule has 0 fully saturated rings. The zero-order valence-corrected chi connectivity index (χ0v) is 13.9. The summed E-state index contributed by atoms with van der Waals surface area (Å²) in [5.74, 6) is 0. The number of aryl methyl sites for hydroxylation is 1. The van der Waals surface area contributed by atoms with E-state index in [9.17, 15) is 0 Å². The van der Waals surface area contributed by atoms with Crippen molar-refractivity contribution in [2.75, 3.05) is 7.11 Å². The van der Waals surface area contributed by atoms with Gasteiger partial charge in [-0.2, -0.15) is 0 Å². The fourth-order valence-electron chi connectivity index (χ4n) is 2.95. The van der Waals surface area contributed by atoms with E-state index in [1.807, 2.05) is 0 Å². The van der Waals surface area contributed by atoms with Gasteiger partial charge >= 0.3 is 0 Å². The summed E-state index contributed by atoms with van der Waals surface area (Å²) in [6.07, 6.45) is 3.14. The fourth-order valence-corrected chi connectivity index (χ4v) is 3.64. The van der Waals surface area contributed by atoms with E-state index in [2.05, 4.69) is 64.4 Å². The first-order chi connectivity index (χ1) is 10.2. The smallest absolute Gasteiger partial charge is 0.106 e. The summed E-state index contributed by atoms with van der Waals surface area (Å²) in [5.41, 5.74) is 4.95. The number of hydrogen-bond acceptors (Lipinski definition) is 2. The molecule has 0 atom stereocenters. The molecule has 2 nitrogen and oxygen atoms in total. The second-order valence-electron chi connectivity index (χ2n) is 5.38. The molecule has 0 radical (unpaired) electrons. The predicted octanol–water partition coefficient (Wildman–Crippen LogP) is 5.44. The van der Waals surface area contributed by atoms with E-state index in [-0.39, 0.29) is 0 Å². The van der Waals surface area contributed by atoms with E-state index >= 15 is 0 Å². The second-order valence-corrected chi connectivity index (χ2v) is 6.17. The highest BCUT2D eigenvalue weighted by Crippen LogP contribution is 2.37. The quantitative estimate of drug-likeness (QED) is 0.665. The summed E-state index contributed by atoms with van der Waals surface area (Å²) in [4.78, 5) is 4.96. The molecule has 0 unspecified atom stereocenters. The third-order valence-electron chi connectivity index (χ3n) is 3.98. The molecule has 0 bridgehead atoms. The molecule has 0 N–H and O–H groups in total. The van der Waals surface area contributed by atoms with Crippen LogP contribution >= 0.6 is 15.9 Å². The molecule has 2 aromatic carbocycles. The van der Waals surface area contributed by atoms with Crippen molar-refractivity contribution in [3.05, 3.63) is 52.0 Å². The Morgan fingerprint density at radius 2 is 1.81 bits per heavy atom. The fraction of sp³-hybridized carbons (Fsp3) is 0.278. The minimum Gasteiger partial charge on any atom is -0.399 e. The average Bonchev–Trinajstić information content (AvgIpc) is 2.49. The molecule has 21 heavy (non-hydrogen) atoms. The van der Waals surface area contributed by atoms with Crippen LogP contribution in [0.1, 0.15) is 30.4 Å². The van der Waals surface area contributed by atoms with E-state index in [1.165, 1.54) is 27.5 Å². The summed E-state index contributed by atoms with van der Waals surface area (Å²) >= 11 is 3.73. The Bertz CT molecular complexity index is 746. The number of nitrogens with zero attached hydrogens (tertiary/aromatic N) is 1. The van der Waals surface area contributed by atoms with Crippen molar-refractivity contribution >= 4 is 38.0 Å². The number of allylic oxidation sites excluding steroid dienone is 2. The standard InChI is InChI=1S/C18H18BrNO/c1-12-10-13-6-3-4-7-14(13)11-16(12)15-8-5-9-17(18(15)19)20-21-2/h3-4,6-7,10-11H,5,8-9H2,1-2H3. The van der Waals surface area contributed by atoms with Crippen molar-refractivity contribution in [3.8, 4) is 0 Å². The van der Waals surface area contributed by atoms with Crippen LogP contribution in [0, 0.1) is 6.92 Å². The van der Waals surface area contributed by atoms with Crippen LogP contribution in [0.4, 0.5) is 0 Å². The van der Waals surface area contributed by atoms with Gasteiger partial charge < -0.3 is 4.84 Å². The van der Waals surface area contributed by atoms with Crippen LogP contribution in [0.5, 0.6) is 0 Å². The Morgan fingerprint density at radius 1 is 1.10 bits per heavy atom. The molecule has 1 aliphatic rings. The Hall–Kier alpha value is -1.61. The number of benzene rings is 2. The van der Waals surface area contributed by atoms with Gasteiger partial charge in [0, 0.05) is 4.48 Å². The first kappa shape index (κ1) is 14.3. The van der Waals surface area contributed by atoms with Crippen LogP contribution in [-0.4, -0.2) is 12.8 Å². The summed E-state index contributed by atoms with van der Waals surface area (Å²) in [7, 11) is 1.60. The molecule has 0 heterocycles. The highest BCUT2D eigenvalue weighted by Gasteiger charge is 2.20. The zero-order chi connectivity index (χ0) is 14.8. The highest BCUT2D eigenvalue weighted by molar-refractivity contribution is 9.12. The molecule has 0 aliphatic heterocycles. The van der Waals surface area contributed by atoms with Crippen molar-refractivity contribution in [1.29, 1.82) is 0 Å². The van der Waals surface area contributed by atoms with Gasteiger partial charge in [-0.3, -0.25) is 0 Å². The molecule has 108 valence electrons. The maximum atomic E-state index is 4.96. The Balaban J connectivity index is 2.17. The minimum absolute atomic E-state index is 0.963. The lowest BCUT2D eigenvalue weighted by Crippen LogP contribution is -2.08. The normalized spacial score (nSPS) is 17.6. The van der Waals surface area contributed by atoms with Crippen molar-refractivity contribution in [1.82, 2.24) is 0 Å². The SMILES string of the molecule is CON=C1CCCC(c2cc3ccccc3cc2C)=C1Br. The maximum Gasteiger partial charge on any atom is 0.106 e. The Labute approximate surface area is 133 Å². The molecule has 0 saturated heterocycles. The summed E-state index contributed by atoms with van der Waals surface area (Å²) in [5, 5.41) is 6.71. The summed E-state index contributed by atoms with van der Waals surface area (Å²) in [6.45, 7) is 2.18. The maximum absolute atomic E-state index is 4.96. The van der Waals surface area contributed by atoms with Gasteiger partial charge in [0.1, 0.15) is 7.11 Å². The topological polar surface area (TPSA) is 21.6 Å². The molecule has 0 aromatic heterocycles. The van der Waals surface area contributed by atoms with Gasteiger partial charge in [-0.25, -0.2) is 0 Å². The van der Waals surface area contributed by atoms with E-state index in [0.29, 0.717) is 0 Å². The molecule has 2 aromatic rings. The van der Waals surface area contributed by atoms with Crippen molar-refractivity contribution in [2.24, 2.45) is 5.16 Å². The molecule has 0 saturated carbocycles. The number of hydrogen-bond donors (Lipinski definition) is 0. The van der Waals surface area contributed by atoms with Gasteiger partial charge in [-0.1, -0.05) is 35.5 Å². The van der Waals surface area contributed by atoms with Gasteiger partial charge in [-0.15, -0.1) is 0 Å². The van der Waals surface area contributed by atoms with E-state index in [1.54, 1.807) is 7.11 Å². The van der Waals surface area contributed by atoms with Crippen LogP contribution in [-0.2, 0) is 4.84 Å². The lowest BCUT2D eigenvalue weighted by Gasteiger charge is -2.20. The van der Waals surface area contributed by atoms with Crippen LogP contribution in [0.25, 0.3) is 16.3 Å². The molecule has 0 amide bonds. The molecular formula is C18H18BrNO. The van der Waals surface area contributed by atoms with Gasteiger partial charge in [0.25, 0.3) is 0 Å². The van der Waals surface area contributed by atoms with Gasteiger partial charge in [0.05, 0.1) is 5.71 Å². The second kappa shape index (κ2) is 6.02. The van der Waals surface area contributed by atoms with Gasteiger partial charge in [0.2, 0.25) is 0 Å². The molecular weight excluding hydrogens is 326 g/mol. The lowest BCUT2D eigenvalue weighted by atomic mass is 9.89. The third kappa shape index (κ3) is 2.75. The first-order valence-electron chi connectivity index (χ1n) is 7.19. The lowest BCUT2D eigenvalue weighted by molar-refractivity contribution is 0.213. The number of rotatable bonds is 2. The first-order valence-corrected chi connectivity index (χ1v) is 7.99. The van der Waals surface area contributed by atoms with E-state index in [4.69, 9.17) is 4.84 Å². The number of halogens is 1. The minimum atomic E-state index is 0.963. The Kier molecular flexibility index (Phi) is 4.11. The third-order valence-corrected chi connectivity index (χ3v) is 4.91. The largest absolute Gasteiger partial charge is 0.399 e. The van der Waals surface area contributed by atoms with Crippen LogP contribution in [0.3, 0.4) is 0 Å². The van der Waals surface area contributed by atoms with Crippen molar-refractivity contribution < 1.29 is 4.84 Å². The van der Waals surface area contributed by atoms with E-state index in [0.717, 1.165) is 29.5 Å². The number of oxime groups is 1. The van der Waals surface area contributed by atoms with Crippen LogP contribution < -0.4 is 0 Å². The van der Waals surface area contributed by atoms with Crippen molar-refractivity contribution in [3.63, 3.8) is 0 Å². The van der Waals surface area contributed by atoms with E-state index < -0.39 is 0 Å². The summed E-state index contributed by atoms with van der Waals surface area (Å²) < 4.78 is 1.09. The summed E-state index contributed by atoms with van der Waals surface area (Å²) in [6, 6.07) is 13.1. The molecule has 3 heteroatoms. The average molecular weight is 344 g/mol. The monoisotopic (exact) mass is 343 g/mol. The molecule has 1 aliphatic carbocycles. The van der Waals surface area contributed by atoms with Gasteiger partial charge in [0.15, 0.2) is 0 Å². The molecule has 3 rings (SSSR count). The Morgan fingerprint density at radius 3 is 2.52 bits per heavy atom. The number of fused-ring (bicyclic) bond motifs is 1. The predicted molar refractivity (Wildman–Crippen MR) is 92.8 cm³/mol.